The molecule has 9 heteroatoms. The third kappa shape index (κ3) is 3.77. The highest BCUT2D eigenvalue weighted by Crippen LogP contribution is 2.33. The van der Waals surface area contributed by atoms with Gasteiger partial charge in [0.15, 0.2) is 5.13 Å². The SMILES string of the molecule is O=CN[C@H](Nc1nc2ccc(Cl)cc2s1)C(Cl)(Cl)Cl. The first-order valence-electron chi connectivity index (χ1n) is 4.99. The molecule has 1 heterocycles. The lowest BCUT2D eigenvalue weighted by atomic mass is 10.3. The van der Waals surface area contributed by atoms with Gasteiger partial charge < -0.3 is 10.6 Å². The lowest BCUT2D eigenvalue weighted by molar-refractivity contribution is -0.110. The second-order valence-corrected chi connectivity index (χ2v) is 7.37. The Bertz CT molecular complexity index is 598. The number of fused-ring (bicyclic) bond motifs is 1. The minimum absolute atomic E-state index is 0.448. The van der Waals surface area contributed by atoms with Gasteiger partial charge in [0.05, 0.1) is 10.2 Å². The topological polar surface area (TPSA) is 54.0 Å². The summed E-state index contributed by atoms with van der Waals surface area (Å²) in [6.45, 7) is 0. The Morgan fingerprint density at radius 3 is 2.74 bits per heavy atom. The minimum atomic E-state index is -1.70. The van der Waals surface area contributed by atoms with E-state index in [0.717, 1.165) is 10.2 Å². The predicted octanol–water partition coefficient (Wildman–Crippen LogP) is 3.80. The number of halogens is 4. The second kappa shape index (κ2) is 5.89. The summed E-state index contributed by atoms with van der Waals surface area (Å²) >= 11 is 24.5. The number of carbonyl (C=O) groups is 1. The summed E-state index contributed by atoms with van der Waals surface area (Å²) in [5.41, 5.74) is 0.770. The maximum Gasteiger partial charge on any atom is 0.228 e. The molecule has 1 amide bonds. The number of aromatic nitrogens is 1. The van der Waals surface area contributed by atoms with Crippen LogP contribution >= 0.6 is 57.7 Å². The Hall–Kier alpha value is -0.460. The molecule has 19 heavy (non-hydrogen) atoms. The summed E-state index contributed by atoms with van der Waals surface area (Å²) in [4.78, 5) is 14.8. The number of alkyl halides is 3. The Labute approximate surface area is 133 Å². The molecule has 1 aromatic carbocycles. The van der Waals surface area contributed by atoms with E-state index >= 15 is 0 Å². The van der Waals surface area contributed by atoms with Crippen molar-refractivity contribution >= 4 is 79.5 Å². The molecule has 0 radical (unpaired) electrons. The van der Waals surface area contributed by atoms with E-state index in [1.807, 2.05) is 0 Å². The summed E-state index contributed by atoms with van der Waals surface area (Å²) in [5.74, 6) is 0. The highest BCUT2D eigenvalue weighted by Gasteiger charge is 2.33. The van der Waals surface area contributed by atoms with Crippen molar-refractivity contribution in [1.82, 2.24) is 10.3 Å². The first-order chi connectivity index (χ1) is 8.90. The van der Waals surface area contributed by atoms with E-state index in [0.29, 0.717) is 16.6 Å². The van der Waals surface area contributed by atoms with Crippen LogP contribution in [0.5, 0.6) is 0 Å². The van der Waals surface area contributed by atoms with Gasteiger partial charge in [0, 0.05) is 5.02 Å². The van der Waals surface area contributed by atoms with Crippen LogP contribution in [0.2, 0.25) is 5.02 Å². The molecular weight excluding hydrogens is 352 g/mol. The number of hydrogen-bond donors (Lipinski definition) is 2. The number of hydrogen-bond acceptors (Lipinski definition) is 4. The molecule has 1 aromatic heterocycles. The van der Waals surface area contributed by atoms with Crippen LogP contribution in [0.15, 0.2) is 18.2 Å². The van der Waals surface area contributed by atoms with Gasteiger partial charge in [-0.2, -0.15) is 0 Å². The summed E-state index contributed by atoms with van der Waals surface area (Å²) < 4.78 is -0.805. The molecule has 0 spiro atoms. The van der Waals surface area contributed by atoms with Crippen LogP contribution in [-0.4, -0.2) is 21.4 Å². The number of amides is 1. The summed E-state index contributed by atoms with van der Waals surface area (Å²) in [5, 5.41) is 6.37. The molecule has 4 nitrogen and oxygen atoms in total. The van der Waals surface area contributed by atoms with Crippen molar-refractivity contribution in [1.29, 1.82) is 0 Å². The summed E-state index contributed by atoms with van der Waals surface area (Å²) in [6.07, 6.45) is -0.435. The van der Waals surface area contributed by atoms with Crippen LogP contribution in [0.4, 0.5) is 5.13 Å². The predicted molar refractivity (Wildman–Crippen MR) is 81.5 cm³/mol. The molecule has 0 unspecified atom stereocenters. The fourth-order valence-electron chi connectivity index (χ4n) is 1.37. The largest absolute Gasteiger partial charge is 0.338 e. The Balaban J connectivity index is 2.26. The minimum Gasteiger partial charge on any atom is -0.338 e. The van der Waals surface area contributed by atoms with Crippen LogP contribution in [0.3, 0.4) is 0 Å². The van der Waals surface area contributed by atoms with Crippen molar-refractivity contribution in [3.8, 4) is 0 Å². The number of nitrogens with zero attached hydrogens (tertiary/aromatic N) is 1. The Kier molecular flexibility index (Phi) is 4.63. The third-order valence-corrected chi connectivity index (χ3v) is 4.02. The molecule has 0 bridgehead atoms. The molecule has 0 fully saturated rings. The fraction of sp³-hybridized carbons (Fsp3) is 0.200. The number of benzene rings is 1. The van der Waals surface area contributed by atoms with E-state index in [1.54, 1.807) is 18.2 Å². The quantitative estimate of drug-likeness (QED) is 0.496. The number of anilines is 1. The van der Waals surface area contributed by atoms with Crippen molar-refractivity contribution in [2.24, 2.45) is 0 Å². The molecule has 0 aliphatic heterocycles. The molecule has 102 valence electrons. The fourth-order valence-corrected chi connectivity index (χ4v) is 2.89. The number of nitrogens with one attached hydrogen (secondary N) is 2. The maximum absolute atomic E-state index is 10.5. The summed E-state index contributed by atoms with van der Waals surface area (Å²) in [7, 11) is 0. The molecular formula is C10H7Cl4N3OS. The van der Waals surface area contributed by atoms with Gasteiger partial charge in [-0.15, -0.1) is 0 Å². The van der Waals surface area contributed by atoms with Gasteiger partial charge in [-0.05, 0) is 18.2 Å². The van der Waals surface area contributed by atoms with E-state index in [9.17, 15) is 4.79 Å². The molecule has 0 saturated carbocycles. The lowest BCUT2D eigenvalue weighted by Gasteiger charge is -2.24. The highest BCUT2D eigenvalue weighted by molar-refractivity contribution is 7.22. The van der Waals surface area contributed by atoms with Crippen LogP contribution in [0, 0.1) is 0 Å². The third-order valence-electron chi connectivity index (χ3n) is 2.18. The van der Waals surface area contributed by atoms with E-state index in [2.05, 4.69) is 15.6 Å². The van der Waals surface area contributed by atoms with Gasteiger partial charge in [-0.25, -0.2) is 4.98 Å². The van der Waals surface area contributed by atoms with Crippen LogP contribution in [0.25, 0.3) is 10.2 Å². The number of carbonyl (C=O) groups excluding carboxylic acids is 1. The van der Waals surface area contributed by atoms with Crippen molar-refractivity contribution in [2.75, 3.05) is 5.32 Å². The van der Waals surface area contributed by atoms with E-state index in [1.165, 1.54) is 11.3 Å². The first kappa shape index (κ1) is 14.9. The van der Waals surface area contributed by atoms with Crippen molar-refractivity contribution in [2.45, 2.75) is 9.96 Å². The smallest absolute Gasteiger partial charge is 0.228 e. The van der Waals surface area contributed by atoms with Gasteiger partial charge in [-0.3, -0.25) is 4.79 Å². The van der Waals surface area contributed by atoms with E-state index in [-0.39, 0.29) is 0 Å². The van der Waals surface area contributed by atoms with E-state index in [4.69, 9.17) is 46.4 Å². The molecule has 2 rings (SSSR count). The van der Waals surface area contributed by atoms with Gasteiger partial charge in [-0.1, -0.05) is 57.7 Å². The second-order valence-electron chi connectivity index (χ2n) is 3.53. The molecule has 0 aliphatic rings. The van der Waals surface area contributed by atoms with Crippen molar-refractivity contribution in [3.05, 3.63) is 23.2 Å². The van der Waals surface area contributed by atoms with Gasteiger partial charge in [0.2, 0.25) is 10.2 Å². The van der Waals surface area contributed by atoms with Gasteiger partial charge in [0.1, 0.15) is 6.17 Å². The Morgan fingerprint density at radius 1 is 1.37 bits per heavy atom. The molecule has 0 aliphatic carbocycles. The zero-order valence-electron chi connectivity index (χ0n) is 9.16. The average molecular weight is 359 g/mol. The highest BCUT2D eigenvalue weighted by atomic mass is 35.6. The number of rotatable bonds is 4. The van der Waals surface area contributed by atoms with E-state index < -0.39 is 9.96 Å². The van der Waals surface area contributed by atoms with Crippen LogP contribution < -0.4 is 10.6 Å². The van der Waals surface area contributed by atoms with Crippen LogP contribution in [-0.2, 0) is 4.79 Å². The normalized spacial score (nSPS) is 13.3. The first-order valence-corrected chi connectivity index (χ1v) is 7.32. The van der Waals surface area contributed by atoms with Crippen LogP contribution in [0.1, 0.15) is 0 Å². The van der Waals surface area contributed by atoms with Crippen molar-refractivity contribution in [3.63, 3.8) is 0 Å². The Morgan fingerprint density at radius 2 is 2.11 bits per heavy atom. The van der Waals surface area contributed by atoms with Gasteiger partial charge in [0.25, 0.3) is 0 Å². The lowest BCUT2D eigenvalue weighted by Crippen LogP contribution is -2.45. The van der Waals surface area contributed by atoms with Gasteiger partial charge >= 0.3 is 0 Å². The monoisotopic (exact) mass is 357 g/mol. The standard InChI is InChI=1S/C10H7Cl4N3OS/c11-5-1-2-6-7(3-5)19-9(16-6)17-8(15-4-18)10(12,13)14/h1-4,8H,(H,15,18)(H,16,17)/t8-/m1/s1. The average Bonchev–Trinajstić information content (AvgIpc) is 2.68. The molecule has 1 atom stereocenters. The molecule has 2 aromatic rings. The molecule has 2 N–H and O–H groups in total. The molecule has 0 saturated heterocycles. The number of thiazole rings is 1. The summed E-state index contributed by atoms with van der Waals surface area (Å²) in [6, 6.07) is 5.32. The zero-order valence-corrected chi connectivity index (χ0v) is 13.0. The van der Waals surface area contributed by atoms with Crippen molar-refractivity contribution < 1.29 is 4.79 Å². The maximum atomic E-state index is 10.5. The zero-order chi connectivity index (χ0) is 14.0.